The van der Waals surface area contributed by atoms with E-state index in [0.29, 0.717) is 6.54 Å². The maximum Gasteiger partial charge on any atom is 0.407 e. The molecule has 2 heterocycles. The third-order valence-electron chi connectivity index (χ3n) is 5.17. The molecule has 1 fully saturated rings. The van der Waals surface area contributed by atoms with Crippen LogP contribution in [0, 0.1) is 5.92 Å². The van der Waals surface area contributed by atoms with Crippen molar-refractivity contribution < 1.29 is 14.3 Å². The minimum Gasteiger partial charge on any atom is -0.453 e. The van der Waals surface area contributed by atoms with E-state index >= 15 is 0 Å². The fraction of sp³-hybridized carbons (Fsp3) is 0.429. The number of aromatic nitrogens is 1. The molecule has 1 aliphatic heterocycles. The fourth-order valence-corrected chi connectivity index (χ4v) is 3.91. The number of carbonyl (C=O) groups excluding carboxylic acids is 2. The van der Waals surface area contributed by atoms with Gasteiger partial charge in [-0.05, 0) is 48.1 Å². The van der Waals surface area contributed by atoms with E-state index in [1.54, 1.807) is 0 Å². The second-order valence-corrected chi connectivity index (χ2v) is 8.31. The van der Waals surface area contributed by atoms with Gasteiger partial charge in [0.05, 0.1) is 13.2 Å². The molecule has 6 nitrogen and oxygen atoms in total. The molecule has 0 spiro atoms. The molecule has 3 rings (SSSR count). The number of halogens is 1. The van der Waals surface area contributed by atoms with E-state index in [1.165, 1.54) is 7.11 Å². The smallest absolute Gasteiger partial charge is 0.407 e. The van der Waals surface area contributed by atoms with Crippen LogP contribution in [0.4, 0.5) is 4.79 Å². The number of methoxy groups -OCH3 is 1. The third kappa shape index (κ3) is 4.41. The van der Waals surface area contributed by atoms with Crippen LogP contribution in [0.5, 0.6) is 0 Å². The number of likely N-dealkylation sites (tertiary alicyclic amines) is 1. The summed E-state index contributed by atoms with van der Waals surface area (Å²) in [6, 6.07) is 9.63. The van der Waals surface area contributed by atoms with Crippen LogP contribution in [-0.4, -0.2) is 41.6 Å². The molecule has 1 aromatic carbocycles. The number of aromatic amines is 1. The summed E-state index contributed by atoms with van der Waals surface area (Å²) in [4.78, 5) is 30.1. The molecular formula is C21H26BrN3O3. The highest BCUT2D eigenvalue weighted by molar-refractivity contribution is 9.10. The van der Waals surface area contributed by atoms with E-state index in [4.69, 9.17) is 0 Å². The average Bonchev–Trinajstić information content (AvgIpc) is 3.34. The molecule has 2 amide bonds. The number of nitrogens with zero attached hydrogens (tertiary/aromatic N) is 1. The van der Waals surface area contributed by atoms with E-state index in [9.17, 15) is 9.59 Å². The van der Waals surface area contributed by atoms with Gasteiger partial charge in [0.1, 0.15) is 6.04 Å². The zero-order valence-electron chi connectivity index (χ0n) is 16.4. The standard InChI is InChI=1S/C21H26BrN3O3/c1-13(2)19(24-21(27)28-3)20(26)25-10-4-5-18(25)17-11-15(12-23-17)14-6-8-16(22)9-7-14/h6-9,11-13,18-19,23H,4-5,10H2,1-3H3,(H,24,27)/t18-,19-/m0/s1. The van der Waals surface area contributed by atoms with Crippen molar-refractivity contribution >= 4 is 27.9 Å². The molecule has 1 saturated heterocycles. The lowest BCUT2D eigenvalue weighted by atomic mass is 10.0. The Morgan fingerprint density at radius 2 is 1.96 bits per heavy atom. The molecular weight excluding hydrogens is 422 g/mol. The number of hydrogen-bond donors (Lipinski definition) is 2. The topological polar surface area (TPSA) is 74.4 Å². The van der Waals surface area contributed by atoms with Gasteiger partial charge in [0.15, 0.2) is 0 Å². The second kappa shape index (κ2) is 8.82. The highest BCUT2D eigenvalue weighted by Gasteiger charge is 2.36. The average molecular weight is 448 g/mol. The monoisotopic (exact) mass is 447 g/mol. The lowest BCUT2D eigenvalue weighted by Crippen LogP contribution is -2.51. The number of benzene rings is 1. The van der Waals surface area contributed by atoms with Gasteiger partial charge in [0.25, 0.3) is 0 Å². The molecule has 0 bridgehead atoms. The number of nitrogens with one attached hydrogen (secondary N) is 2. The summed E-state index contributed by atoms with van der Waals surface area (Å²) in [5.74, 6) is -0.0995. The van der Waals surface area contributed by atoms with E-state index in [-0.39, 0.29) is 17.9 Å². The first-order valence-corrected chi connectivity index (χ1v) is 10.3. The molecule has 28 heavy (non-hydrogen) atoms. The lowest BCUT2D eigenvalue weighted by Gasteiger charge is -2.30. The molecule has 0 radical (unpaired) electrons. The Hall–Kier alpha value is -2.28. The number of hydrogen-bond acceptors (Lipinski definition) is 3. The van der Waals surface area contributed by atoms with Crippen molar-refractivity contribution in [2.75, 3.05) is 13.7 Å². The van der Waals surface area contributed by atoms with Crippen molar-refractivity contribution in [3.8, 4) is 11.1 Å². The summed E-state index contributed by atoms with van der Waals surface area (Å²) < 4.78 is 5.72. The zero-order chi connectivity index (χ0) is 20.3. The summed E-state index contributed by atoms with van der Waals surface area (Å²) in [5.41, 5.74) is 3.23. The molecule has 2 N–H and O–H groups in total. The van der Waals surface area contributed by atoms with Crippen molar-refractivity contribution in [1.82, 2.24) is 15.2 Å². The molecule has 0 saturated carbocycles. The van der Waals surface area contributed by atoms with Crippen molar-refractivity contribution in [2.45, 2.75) is 38.8 Å². The van der Waals surface area contributed by atoms with Gasteiger partial charge in [-0.15, -0.1) is 0 Å². The summed E-state index contributed by atoms with van der Waals surface area (Å²) in [6.07, 6.45) is 3.23. The van der Waals surface area contributed by atoms with Gasteiger partial charge in [-0.2, -0.15) is 0 Å². The number of amides is 2. The van der Waals surface area contributed by atoms with Crippen LogP contribution in [0.1, 0.15) is 38.4 Å². The summed E-state index contributed by atoms with van der Waals surface area (Å²) in [5, 5.41) is 2.68. The molecule has 7 heteroatoms. The molecule has 1 aromatic heterocycles. The molecule has 0 aliphatic carbocycles. The summed E-state index contributed by atoms with van der Waals surface area (Å²) >= 11 is 3.46. The van der Waals surface area contributed by atoms with Gasteiger partial charge in [0, 0.05) is 22.9 Å². The third-order valence-corrected chi connectivity index (χ3v) is 5.70. The van der Waals surface area contributed by atoms with Crippen molar-refractivity contribution in [2.24, 2.45) is 5.92 Å². The van der Waals surface area contributed by atoms with Crippen molar-refractivity contribution in [3.05, 3.63) is 46.7 Å². The van der Waals surface area contributed by atoms with E-state index in [1.807, 2.05) is 37.1 Å². The maximum atomic E-state index is 13.2. The summed E-state index contributed by atoms with van der Waals surface area (Å²) in [7, 11) is 1.30. The molecule has 0 unspecified atom stereocenters. The largest absolute Gasteiger partial charge is 0.453 e. The van der Waals surface area contributed by atoms with Gasteiger partial charge in [-0.1, -0.05) is 41.9 Å². The van der Waals surface area contributed by atoms with Gasteiger partial charge in [-0.3, -0.25) is 4.79 Å². The van der Waals surface area contributed by atoms with Crippen LogP contribution in [0.3, 0.4) is 0 Å². The minimum absolute atomic E-state index is 0.0163. The first-order valence-electron chi connectivity index (χ1n) is 9.50. The quantitative estimate of drug-likeness (QED) is 0.708. The number of H-pyrrole nitrogens is 1. The first-order chi connectivity index (χ1) is 13.4. The van der Waals surface area contributed by atoms with Crippen molar-refractivity contribution in [1.29, 1.82) is 0 Å². The van der Waals surface area contributed by atoms with Gasteiger partial charge in [0.2, 0.25) is 5.91 Å². The van der Waals surface area contributed by atoms with Crippen LogP contribution in [-0.2, 0) is 9.53 Å². The number of alkyl carbamates (subject to hydrolysis) is 1. The van der Waals surface area contributed by atoms with Gasteiger partial charge in [-0.25, -0.2) is 4.79 Å². The Balaban J connectivity index is 1.79. The lowest BCUT2D eigenvalue weighted by molar-refractivity contribution is -0.135. The highest BCUT2D eigenvalue weighted by atomic mass is 79.9. The number of rotatable bonds is 5. The Bertz CT molecular complexity index is 832. The van der Waals surface area contributed by atoms with Crippen LogP contribution in [0.2, 0.25) is 0 Å². The zero-order valence-corrected chi connectivity index (χ0v) is 18.0. The van der Waals surface area contributed by atoms with Crippen LogP contribution >= 0.6 is 15.9 Å². The number of carbonyl (C=O) groups is 2. The Labute approximate surface area is 173 Å². The van der Waals surface area contributed by atoms with Crippen molar-refractivity contribution in [3.63, 3.8) is 0 Å². The molecule has 2 aromatic rings. The molecule has 2 atom stereocenters. The van der Waals surface area contributed by atoms with Gasteiger partial charge < -0.3 is 19.9 Å². The highest BCUT2D eigenvalue weighted by Crippen LogP contribution is 2.34. The first kappa shape index (κ1) is 20.5. The molecule has 1 aliphatic rings. The predicted octanol–water partition coefficient (Wildman–Crippen LogP) is 4.49. The normalized spacial score (nSPS) is 17.6. The summed E-state index contributed by atoms with van der Waals surface area (Å²) in [6.45, 7) is 4.52. The Kier molecular flexibility index (Phi) is 6.44. The second-order valence-electron chi connectivity index (χ2n) is 7.40. The van der Waals surface area contributed by atoms with Crippen LogP contribution < -0.4 is 5.32 Å². The predicted molar refractivity (Wildman–Crippen MR) is 112 cm³/mol. The van der Waals surface area contributed by atoms with E-state index in [2.05, 4.69) is 49.2 Å². The van der Waals surface area contributed by atoms with Gasteiger partial charge >= 0.3 is 6.09 Å². The van der Waals surface area contributed by atoms with Crippen LogP contribution in [0.15, 0.2) is 41.0 Å². The van der Waals surface area contributed by atoms with E-state index < -0.39 is 12.1 Å². The molecule has 150 valence electrons. The van der Waals surface area contributed by atoms with Crippen LogP contribution in [0.25, 0.3) is 11.1 Å². The SMILES string of the molecule is COC(=O)N[C@H](C(=O)N1CCC[C@H]1c1cc(-c2ccc(Br)cc2)c[nH]1)C(C)C. The number of ether oxygens (including phenoxy) is 1. The minimum atomic E-state index is -0.603. The Morgan fingerprint density at radius 1 is 1.25 bits per heavy atom. The maximum absolute atomic E-state index is 13.2. The van der Waals surface area contributed by atoms with E-state index in [0.717, 1.165) is 34.1 Å². The fourth-order valence-electron chi connectivity index (χ4n) is 3.65. The Morgan fingerprint density at radius 3 is 2.61 bits per heavy atom.